The van der Waals surface area contributed by atoms with Crippen molar-refractivity contribution in [1.29, 1.82) is 0 Å². The van der Waals surface area contributed by atoms with Crippen LogP contribution >= 0.6 is 0 Å². The van der Waals surface area contributed by atoms with Crippen LogP contribution in [0.2, 0.25) is 0 Å². The number of ether oxygens (including phenoxy) is 2. The molecule has 2 N–H and O–H groups in total. The largest absolute Gasteiger partial charge is 0.495 e. The number of pyridine rings is 1. The van der Waals surface area contributed by atoms with Crippen LogP contribution in [-0.2, 0) is 25.5 Å². The van der Waals surface area contributed by atoms with Gasteiger partial charge >= 0.3 is 11.9 Å². The summed E-state index contributed by atoms with van der Waals surface area (Å²) >= 11 is 0. The first-order chi connectivity index (χ1) is 29.5. The number of carbonyl (C=O) groups is 3. The van der Waals surface area contributed by atoms with E-state index in [-0.39, 0.29) is 62.8 Å². The number of hydrogen-bond acceptors (Lipinski definition) is 8. The number of allylic oxidation sites excluding steroid dienone is 3. The molecule has 9 heteroatoms. The Kier molecular flexibility index (Phi) is 12.4. The molecular weight excluding hydrogens is 787 g/mol. The minimum Gasteiger partial charge on any atom is -0.495 e. The summed E-state index contributed by atoms with van der Waals surface area (Å²) in [6, 6.07) is 3.65. The molecular formula is C54H81N3O6. The molecule has 2 heterocycles. The van der Waals surface area contributed by atoms with E-state index >= 15 is 0 Å². The predicted molar refractivity (Wildman–Crippen MR) is 250 cm³/mol. The second kappa shape index (κ2) is 16.5. The lowest BCUT2D eigenvalue weighted by molar-refractivity contribution is -0.252. The maximum absolute atomic E-state index is 14.9. The van der Waals surface area contributed by atoms with E-state index in [1.165, 1.54) is 5.70 Å². The van der Waals surface area contributed by atoms with Crippen LogP contribution in [0.3, 0.4) is 0 Å². The Balaban J connectivity index is 1.29. The van der Waals surface area contributed by atoms with E-state index in [4.69, 9.17) is 14.5 Å². The van der Waals surface area contributed by atoms with E-state index in [2.05, 4.69) is 85.2 Å². The second-order valence-electron chi connectivity index (χ2n) is 23.2. The average molecular weight is 868 g/mol. The van der Waals surface area contributed by atoms with Gasteiger partial charge in [0.1, 0.15) is 11.9 Å². The second-order valence-corrected chi connectivity index (χ2v) is 23.2. The van der Waals surface area contributed by atoms with Crippen molar-refractivity contribution >= 4 is 17.7 Å². The Morgan fingerprint density at radius 2 is 1.75 bits per heavy atom. The zero-order valence-corrected chi connectivity index (χ0v) is 41.3. The number of hydrogen-bond donors (Lipinski definition) is 2. The Bertz CT molecular complexity index is 2050. The standard InChI is InChI=1S/C54H81N3O6/c1-15-35-30-53(46-34(5)44(59)38(57(46)28-27-55-13)29-36-17-18-37(62-14)32-56-36)26-25-52(12)51(11)23-19-39-49(8,9)41(63-42(58)31-48(6,7)47(60)61)21-22-50(39,10)40(51)20-24-54(52,16-2)45(53)43(35)33(3)4/h15,17-18,32-33,35,38-41,55H,1,16,19-31H2,2-14H3,(H,60,61). The number of nitrogens with one attached hydrogen (secondary N) is 1. The number of Topliss-reactive ketones (excluding diaryl/α,β-unsaturated/α-hetero) is 1. The minimum atomic E-state index is -1.17. The number of carbonyl (C=O) groups excluding carboxylic acids is 2. The first-order valence-corrected chi connectivity index (χ1v) is 24.5. The van der Waals surface area contributed by atoms with E-state index in [0.717, 1.165) is 88.6 Å². The van der Waals surface area contributed by atoms with Crippen LogP contribution < -0.4 is 10.1 Å². The van der Waals surface area contributed by atoms with Crippen LogP contribution in [0, 0.1) is 61.6 Å². The van der Waals surface area contributed by atoms with Gasteiger partial charge in [0, 0.05) is 47.3 Å². The normalized spacial score (nSPS) is 37.3. The van der Waals surface area contributed by atoms with Crippen molar-refractivity contribution in [2.45, 2.75) is 165 Å². The summed E-state index contributed by atoms with van der Waals surface area (Å²) in [5.41, 5.74) is 4.75. The summed E-state index contributed by atoms with van der Waals surface area (Å²) in [7, 11) is 3.66. The molecule has 10 unspecified atom stereocenters. The molecule has 10 atom stereocenters. The molecule has 6 aliphatic rings. The Morgan fingerprint density at radius 1 is 1.05 bits per heavy atom. The van der Waals surface area contributed by atoms with E-state index in [0.29, 0.717) is 29.9 Å². The number of fused-ring (bicyclic) bond motifs is 7. The highest BCUT2D eigenvalue weighted by Gasteiger charge is 2.75. The van der Waals surface area contributed by atoms with Crippen molar-refractivity contribution in [3.05, 3.63) is 59.1 Å². The monoisotopic (exact) mass is 868 g/mol. The lowest BCUT2D eigenvalue weighted by Gasteiger charge is -2.75. The van der Waals surface area contributed by atoms with Gasteiger partial charge < -0.3 is 24.8 Å². The van der Waals surface area contributed by atoms with Crippen LogP contribution in [-0.4, -0.2) is 72.1 Å². The molecule has 348 valence electrons. The van der Waals surface area contributed by atoms with Gasteiger partial charge in [-0.05, 0) is 149 Å². The summed E-state index contributed by atoms with van der Waals surface area (Å²) in [6.07, 6.45) is 14.6. The molecule has 1 aromatic heterocycles. The maximum Gasteiger partial charge on any atom is 0.309 e. The van der Waals surface area contributed by atoms with Crippen LogP contribution in [0.1, 0.15) is 152 Å². The third-order valence-corrected chi connectivity index (χ3v) is 19.6. The molecule has 0 spiro atoms. The quantitative estimate of drug-likeness (QED) is 0.139. The summed E-state index contributed by atoms with van der Waals surface area (Å²) in [5.74, 6) is 1.03. The molecule has 4 saturated carbocycles. The van der Waals surface area contributed by atoms with Crippen molar-refractivity contribution in [1.82, 2.24) is 15.2 Å². The molecule has 9 nitrogen and oxygen atoms in total. The first kappa shape index (κ1) is 47.5. The van der Waals surface area contributed by atoms with Crippen molar-refractivity contribution in [2.24, 2.45) is 61.6 Å². The fourth-order valence-electron chi connectivity index (χ4n) is 16.4. The number of ketones is 1. The average Bonchev–Trinajstić information content (AvgIpc) is 3.70. The van der Waals surface area contributed by atoms with Gasteiger partial charge in [0.25, 0.3) is 0 Å². The third kappa shape index (κ3) is 6.91. The number of carboxylic acids is 1. The zero-order chi connectivity index (χ0) is 46.3. The highest BCUT2D eigenvalue weighted by molar-refractivity contribution is 6.02. The molecule has 0 amide bonds. The number of methoxy groups -OCH3 is 1. The smallest absolute Gasteiger partial charge is 0.309 e. The van der Waals surface area contributed by atoms with E-state index < -0.39 is 17.4 Å². The molecule has 4 fully saturated rings. The Labute approximate surface area is 379 Å². The Hall–Kier alpha value is -3.46. The topological polar surface area (TPSA) is 118 Å². The number of nitrogens with zero attached hydrogens (tertiary/aromatic N) is 2. The van der Waals surface area contributed by atoms with E-state index in [1.807, 2.05) is 19.2 Å². The van der Waals surface area contributed by atoms with Gasteiger partial charge in [-0.15, -0.1) is 6.58 Å². The van der Waals surface area contributed by atoms with Gasteiger partial charge in [-0.25, -0.2) is 0 Å². The Morgan fingerprint density at radius 3 is 2.33 bits per heavy atom. The maximum atomic E-state index is 14.9. The SMILES string of the molecule is C=CC1CC2(C3=C(C)C(=O)C(Cc4ccc(OC)cn4)N3CCNC)CCC3(C)C(CC)(CCC4C5(C)CCC(OC(=O)CC(C)(C)C(=O)O)C(C)(C)C5CCC43C)C2=C1C(C)C. The lowest BCUT2D eigenvalue weighted by atomic mass is 9.29. The molecule has 0 aromatic carbocycles. The van der Waals surface area contributed by atoms with E-state index in [1.54, 1.807) is 38.3 Å². The number of likely N-dealkylation sites (N-methyl/N-ethyl adjacent to an activating group) is 1. The van der Waals surface area contributed by atoms with Crippen molar-refractivity contribution in [3.8, 4) is 5.75 Å². The van der Waals surface area contributed by atoms with Crippen LogP contribution in [0.15, 0.2) is 53.4 Å². The van der Waals surface area contributed by atoms with Crippen molar-refractivity contribution in [2.75, 3.05) is 27.2 Å². The predicted octanol–water partition coefficient (Wildman–Crippen LogP) is 10.8. The summed E-state index contributed by atoms with van der Waals surface area (Å²) in [4.78, 5) is 47.4. The molecule has 0 saturated heterocycles. The molecule has 63 heavy (non-hydrogen) atoms. The summed E-state index contributed by atoms with van der Waals surface area (Å²) in [5, 5.41) is 13.2. The fraction of sp³-hybridized carbons (Fsp3) is 0.741. The minimum absolute atomic E-state index is 0.00977. The fourth-order valence-corrected chi connectivity index (χ4v) is 16.4. The van der Waals surface area contributed by atoms with Gasteiger partial charge in [-0.2, -0.15) is 0 Å². The third-order valence-electron chi connectivity index (χ3n) is 19.6. The van der Waals surface area contributed by atoms with Crippen molar-refractivity contribution in [3.63, 3.8) is 0 Å². The molecule has 1 aromatic rings. The van der Waals surface area contributed by atoms with Gasteiger partial charge in [0.15, 0.2) is 5.78 Å². The van der Waals surface area contributed by atoms with Gasteiger partial charge in [-0.1, -0.05) is 72.6 Å². The lowest BCUT2D eigenvalue weighted by Crippen LogP contribution is -2.69. The number of aliphatic carboxylic acids is 1. The van der Waals surface area contributed by atoms with E-state index in [9.17, 15) is 19.5 Å². The van der Waals surface area contributed by atoms with Crippen LogP contribution in [0.5, 0.6) is 5.75 Å². The van der Waals surface area contributed by atoms with Gasteiger partial charge in [0.05, 0.1) is 31.2 Å². The van der Waals surface area contributed by atoms with Crippen LogP contribution in [0.25, 0.3) is 0 Å². The molecule has 1 aliphatic heterocycles. The molecule has 5 aliphatic carbocycles. The number of aromatic nitrogens is 1. The zero-order valence-electron chi connectivity index (χ0n) is 41.3. The molecule has 0 radical (unpaired) electrons. The molecule has 7 rings (SSSR count). The highest BCUT2D eigenvalue weighted by Crippen LogP contribution is 2.82. The van der Waals surface area contributed by atoms with Crippen molar-refractivity contribution < 1.29 is 29.0 Å². The summed E-state index contributed by atoms with van der Waals surface area (Å²) in [6.45, 7) is 31.3. The number of esters is 1. The van der Waals surface area contributed by atoms with Gasteiger partial charge in [-0.3, -0.25) is 19.4 Å². The number of carboxylic acid groups (broad SMARTS) is 1. The highest BCUT2D eigenvalue weighted by atomic mass is 16.5. The van der Waals surface area contributed by atoms with Crippen LogP contribution in [0.4, 0.5) is 0 Å². The molecule has 0 bridgehead atoms. The van der Waals surface area contributed by atoms with Gasteiger partial charge in [0.2, 0.25) is 0 Å². The summed E-state index contributed by atoms with van der Waals surface area (Å²) < 4.78 is 11.7. The first-order valence-electron chi connectivity index (χ1n) is 24.5. The number of rotatable bonds is 14.